The summed E-state index contributed by atoms with van der Waals surface area (Å²) in [6, 6.07) is -1.01. The third kappa shape index (κ3) is 33.1. The number of carbonyl (C=O) groups is 1. The van der Waals surface area contributed by atoms with Crippen LogP contribution in [0.25, 0.3) is 0 Å². The van der Waals surface area contributed by atoms with Crippen molar-refractivity contribution in [1.29, 1.82) is 0 Å². The topological polar surface area (TPSA) is 151 Å². The maximum atomic E-state index is 12.7. The van der Waals surface area contributed by atoms with Crippen molar-refractivity contribution in [2.24, 2.45) is 5.73 Å². The van der Waals surface area contributed by atoms with Gasteiger partial charge in [0.15, 0.2) is 0 Å². The quantitative estimate of drug-likeness (QED) is 0.0192. The van der Waals surface area contributed by atoms with Crippen molar-refractivity contribution in [3.8, 4) is 0 Å². The zero-order valence-corrected chi connectivity index (χ0v) is 31.7. The number of aliphatic hydroxyl groups is 2. The molecule has 0 spiro atoms. The lowest BCUT2D eigenvalue weighted by molar-refractivity contribution is -0.124. The molecular formula is C39H71N2O7P. The summed E-state index contributed by atoms with van der Waals surface area (Å²) in [4.78, 5) is 22.6. The highest BCUT2D eigenvalue weighted by atomic mass is 31.2. The van der Waals surface area contributed by atoms with Gasteiger partial charge in [0.1, 0.15) is 0 Å². The average molecular weight is 711 g/mol. The number of hydrogen-bond donors (Lipinski definition) is 5. The second-order valence-corrected chi connectivity index (χ2v) is 14.1. The van der Waals surface area contributed by atoms with Gasteiger partial charge in [-0.05, 0) is 64.2 Å². The summed E-state index contributed by atoms with van der Waals surface area (Å²) in [5.41, 5.74) is 5.33. The first kappa shape index (κ1) is 47.2. The van der Waals surface area contributed by atoms with Crippen molar-refractivity contribution in [2.45, 2.75) is 161 Å². The highest BCUT2D eigenvalue weighted by molar-refractivity contribution is 7.47. The minimum Gasteiger partial charge on any atom is -0.393 e. The van der Waals surface area contributed by atoms with Gasteiger partial charge in [0.2, 0.25) is 5.91 Å². The lowest BCUT2D eigenvalue weighted by atomic mass is 10.0. The molecule has 0 heterocycles. The van der Waals surface area contributed by atoms with Crippen LogP contribution in [0.3, 0.4) is 0 Å². The normalized spacial score (nSPS) is 15.6. The molecule has 0 aliphatic carbocycles. The minimum atomic E-state index is -4.41. The van der Waals surface area contributed by atoms with Crippen LogP contribution >= 0.6 is 7.82 Å². The highest BCUT2D eigenvalue weighted by Crippen LogP contribution is 2.43. The van der Waals surface area contributed by atoms with Crippen LogP contribution in [-0.2, 0) is 18.4 Å². The largest absolute Gasteiger partial charge is 0.472 e. The molecule has 0 aromatic rings. The van der Waals surface area contributed by atoms with Crippen molar-refractivity contribution in [2.75, 3.05) is 19.8 Å². The van der Waals surface area contributed by atoms with Crippen molar-refractivity contribution in [3.05, 3.63) is 60.8 Å². The lowest BCUT2D eigenvalue weighted by Crippen LogP contribution is -2.46. The molecule has 4 atom stereocenters. The molecule has 0 aromatic heterocycles. The van der Waals surface area contributed by atoms with Crippen LogP contribution in [0.2, 0.25) is 0 Å². The Morgan fingerprint density at radius 2 is 1.29 bits per heavy atom. The van der Waals surface area contributed by atoms with Gasteiger partial charge in [0.25, 0.3) is 0 Å². The summed E-state index contributed by atoms with van der Waals surface area (Å²) in [7, 11) is -4.41. The zero-order valence-electron chi connectivity index (χ0n) is 30.8. The van der Waals surface area contributed by atoms with E-state index in [1.165, 1.54) is 63.9 Å². The molecule has 1 amide bonds. The number of hydrogen-bond acceptors (Lipinski definition) is 7. The SMILES string of the molecule is CC/C=C/CC/C=C/CC/C=C/C(O)C(COP(=O)(O)OCCN)NC(=O)CC(O)CCCCCCCCCC/C=C\C=C/CCCCC. The molecule has 0 rings (SSSR count). The van der Waals surface area contributed by atoms with Gasteiger partial charge in [-0.1, -0.05) is 132 Å². The number of carbonyl (C=O) groups excluding carboxylic acids is 1. The van der Waals surface area contributed by atoms with Crippen LogP contribution in [0.1, 0.15) is 142 Å². The average Bonchev–Trinajstić information content (AvgIpc) is 3.07. The predicted octanol–water partition coefficient (Wildman–Crippen LogP) is 8.91. The number of phosphoric acid groups is 1. The molecule has 49 heavy (non-hydrogen) atoms. The molecule has 0 saturated heterocycles. The van der Waals surface area contributed by atoms with Gasteiger partial charge >= 0.3 is 7.82 Å². The van der Waals surface area contributed by atoms with Crippen molar-refractivity contribution < 1.29 is 33.5 Å². The van der Waals surface area contributed by atoms with Crippen LogP contribution in [0.15, 0.2) is 60.8 Å². The van der Waals surface area contributed by atoms with Crippen LogP contribution in [-0.4, -0.2) is 59.0 Å². The first-order valence-electron chi connectivity index (χ1n) is 19.0. The van der Waals surface area contributed by atoms with E-state index in [0.717, 1.165) is 51.4 Å². The molecule has 9 nitrogen and oxygen atoms in total. The number of phosphoric ester groups is 1. The van der Waals surface area contributed by atoms with E-state index >= 15 is 0 Å². The van der Waals surface area contributed by atoms with E-state index in [0.29, 0.717) is 12.8 Å². The Kier molecular flexibility index (Phi) is 33.3. The number of unbranched alkanes of at least 4 members (excludes halogenated alkanes) is 13. The number of nitrogens with one attached hydrogen (secondary N) is 1. The van der Waals surface area contributed by atoms with Gasteiger partial charge < -0.3 is 26.2 Å². The molecule has 0 radical (unpaired) electrons. The third-order valence-electron chi connectivity index (χ3n) is 7.89. The first-order chi connectivity index (χ1) is 23.8. The Labute approximate surface area is 298 Å². The molecule has 0 fully saturated rings. The Bertz CT molecular complexity index is 967. The van der Waals surface area contributed by atoms with Crippen LogP contribution in [0.5, 0.6) is 0 Å². The number of allylic oxidation sites excluding steroid dienone is 9. The third-order valence-corrected chi connectivity index (χ3v) is 8.87. The fraction of sp³-hybridized carbons (Fsp3) is 0.718. The Morgan fingerprint density at radius 3 is 1.88 bits per heavy atom. The first-order valence-corrected chi connectivity index (χ1v) is 20.5. The van der Waals surface area contributed by atoms with E-state index in [-0.39, 0.29) is 19.6 Å². The molecule has 0 aliphatic rings. The lowest BCUT2D eigenvalue weighted by Gasteiger charge is -2.24. The van der Waals surface area contributed by atoms with Crippen molar-refractivity contribution >= 4 is 13.7 Å². The summed E-state index contributed by atoms with van der Waals surface area (Å²) in [6.45, 7) is 3.75. The Hall–Kier alpha value is -1.84. The summed E-state index contributed by atoms with van der Waals surface area (Å²) >= 11 is 0. The molecule has 10 heteroatoms. The number of amides is 1. The van der Waals surface area contributed by atoms with E-state index in [4.69, 9.17) is 14.8 Å². The fourth-order valence-electron chi connectivity index (χ4n) is 5.03. The second-order valence-electron chi connectivity index (χ2n) is 12.6. The predicted molar refractivity (Wildman–Crippen MR) is 204 cm³/mol. The summed E-state index contributed by atoms with van der Waals surface area (Å²) in [5.74, 6) is -0.470. The van der Waals surface area contributed by atoms with Gasteiger partial charge in [-0.2, -0.15) is 0 Å². The molecular weight excluding hydrogens is 639 g/mol. The standard InChI is InChI=1S/C39H71N2O7P/c1-3-5-7-9-11-13-15-16-17-18-19-20-21-22-24-26-28-30-36(42)34-39(44)41-37(35-48-49(45,46)47-33-32-40)38(43)31-29-27-25-23-14-12-10-8-6-4-2/h6,8,11,13-16,23,29,31,36-38,42-43H,3-5,7,9-10,12,17-22,24-28,30,32-35,40H2,1-2H3,(H,41,44)(H,45,46)/b8-6+,13-11-,16-15-,23-14+,31-29+. The van der Waals surface area contributed by atoms with Crippen LogP contribution < -0.4 is 11.1 Å². The summed E-state index contributed by atoms with van der Waals surface area (Å²) in [6.07, 6.45) is 38.9. The molecule has 6 N–H and O–H groups in total. The highest BCUT2D eigenvalue weighted by Gasteiger charge is 2.27. The number of aliphatic hydroxyl groups excluding tert-OH is 2. The smallest absolute Gasteiger partial charge is 0.393 e. The number of rotatable bonds is 34. The van der Waals surface area contributed by atoms with Gasteiger partial charge in [-0.15, -0.1) is 0 Å². The molecule has 284 valence electrons. The van der Waals surface area contributed by atoms with Crippen LogP contribution in [0.4, 0.5) is 0 Å². The minimum absolute atomic E-state index is 0.0387. The second kappa shape index (κ2) is 34.6. The van der Waals surface area contributed by atoms with Crippen molar-refractivity contribution in [3.63, 3.8) is 0 Å². The fourth-order valence-corrected chi connectivity index (χ4v) is 5.79. The van der Waals surface area contributed by atoms with Gasteiger partial charge in [-0.3, -0.25) is 13.8 Å². The van der Waals surface area contributed by atoms with E-state index in [2.05, 4.69) is 67.8 Å². The molecule has 0 aromatic carbocycles. The van der Waals surface area contributed by atoms with Gasteiger partial charge in [0, 0.05) is 6.54 Å². The van der Waals surface area contributed by atoms with E-state index < -0.39 is 38.6 Å². The molecule has 0 aliphatic heterocycles. The maximum Gasteiger partial charge on any atom is 0.472 e. The Morgan fingerprint density at radius 1 is 0.735 bits per heavy atom. The van der Waals surface area contributed by atoms with Gasteiger partial charge in [-0.25, -0.2) is 4.57 Å². The summed E-state index contributed by atoms with van der Waals surface area (Å²) < 4.78 is 21.9. The molecule has 4 unspecified atom stereocenters. The van der Waals surface area contributed by atoms with Crippen LogP contribution in [0, 0.1) is 0 Å². The van der Waals surface area contributed by atoms with E-state index in [1.54, 1.807) is 6.08 Å². The molecule has 0 saturated carbocycles. The maximum absolute atomic E-state index is 12.7. The Balaban J connectivity index is 4.40. The zero-order chi connectivity index (χ0) is 36.3. The monoisotopic (exact) mass is 710 g/mol. The number of nitrogens with two attached hydrogens (primary N) is 1. The molecule has 0 bridgehead atoms. The van der Waals surface area contributed by atoms with E-state index in [9.17, 15) is 24.5 Å². The van der Waals surface area contributed by atoms with Gasteiger partial charge in [0.05, 0.1) is 37.9 Å². The van der Waals surface area contributed by atoms with E-state index in [1.807, 2.05) is 0 Å². The summed E-state index contributed by atoms with van der Waals surface area (Å²) in [5, 5.41) is 23.9. The van der Waals surface area contributed by atoms with Crippen molar-refractivity contribution in [1.82, 2.24) is 5.32 Å².